The van der Waals surface area contributed by atoms with Crippen molar-refractivity contribution in [1.82, 2.24) is 10.3 Å². The molecule has 1 aliphatic carbocycles. The minimum Gasteiger partial charge on any atom is -0.454 e. The summed E-state index contributed by atoms with van der Waals surface area (Å²) in [7, 11) is 0. The highest BCUT2D eigenvalue weighted by atomic mass is 16.7. The Kier molecular flexibility index (Phi) is 5.02. The monoisotopic (exact) mass is 453 g/mol. The zero-order valence-electron chi connectivity index (χ0n) is 18.1. The van der Waals surface area contributed by atoms with Crippen LogP contribution in [-0.2, 0) is 10.2 Å². The van der Waals surface area contributed by atoms with Crippen molar-refractivity contribution in [1.29, 1.82) is 0 Å². The standard InChI is InChI=1S/C24H25N3O6.H2/c1-23(11-28,12-29)27-21(30)18-9-14-8-16(3-4-17(14)26-18)25-22(31)24(6-7-24)15-2-5-19-20(10-15)33-13-32-19;/h2-5,8-10,26,28-29H,6-7,11-13H2,1H3,(H,25,31)(H,27,30);1H. The van der Waals surface area contributed by atoms with Crippen molar-refractivity contribution < 1.29 is 30.7 Å². The summed E-state index contributed by atoms with van der Waals surface area (Å²) in [6.45, 7) is 0.955. The minimum atomic E-state index is -1.12. The predicted octanol–water partition coefficient (Wildman–Crippen LogP) is 2.29. The Bertz CT molecular complexity index is 1250. The van der Waals surface area contributed by atoms with Gasteiger partial charge in [0, 0.05) is 18.0 Å². The molecule has 9 heteroatoms. The number of H-pyrrole nitrogens is 1. The number of nitrogens with one attached hydrogen (secondary N) is 3. The molecule has 2 aromatic carbocycles. The maximum atomic E-state index is 13.2. The van der Waals surface area contributed by atoms with Gasteiger partial charge in [-0.25, -0.2) is 0 Å². The third-order valence-corrected chi connectivity index (χ3v) is 6.35. The number of carbonyl (C=O) groups is 2. The maximum Gasteiger partial charge on any atom is 0.268 e. The zero-order valence-corrected chi connectivity index (χ0v) is 18.1. The summed E-state index contributed by atoms with van der Waals surface area (Å²) < 4.78 is 10.8. The van der Waals surface area contributed by atoms with Gasteiger partial charge in [0.2, 0.25) is 12.7 Å². The number of benzene rings is 2. The molecule has 1 fully saturated rings. The SMILES string of the molecule is CC(CO)(CO)NC(=O)c1cc2cc(NC(=O)C3(c4ccc5c(c4)OCO5)CC3)ccc2[nH]1.[HH]. The van der Waals surface area contributed by atoms with E-state index in [4.69, 9.17) is 9.47 Å². The Balaban J connectivity index is 0.00000274. The lowest BCUT2D eigenvalue weighted by molar-refractivity contribution is -0.118. The van der Waals surface area contributed by atoms with Crippen molar-refractivity contribution in [3.05, 3.63) is 53.7 Å². The molecule has 2 aliphatic rings. The van der Waals surface area contributed by atoms with Crippen molar-refractivity contribution in [2.75, 3.05) is 25.3 Å². The van der Waals surface area contributed by atoms with Crippen LogP contribution >= 0.6 is 0 Å². The first-order chi connectivity index (χ1) is 15.9. The van der Waals surface area contributed by atoms with Crippen LogP contribution in [0.15, 0.2) is 42.5 Å². The van der Waals surface area contributed by atoms with Gasteiger partial charge in [-0.3, -0.25) is 9.59 Å². The number of amides is 2. The van der Waals surface area contributed by atoms with E-state index in [0.717, 1.165) is 29.3 Å². The first kappa shape index (κ1) is 21.3. The van der Waals surface area contributed by atoms with Crippen LogP contribution in [0.5, 0.6) is 11.5 Å². The zero-order chi connectivity index (χ0) is 23.2. The lowest BCUT2D eigenvalue weighted by Gasteiger charge is -2.25. The molecule has 174 valence electrons. The third-order valence-electron chi connectivity index (χ3n) is 6.35. The van der Waals surface area contributed by atoms with Gasteiger partial charge in [0.1, 0.15) is 5.69 Å². The molecule has 2 amide bonds. The highest BCUT2D eigenvalue weighted by Crippen LogP contribution is 2.51. The summed E-state index contributed by atoms with van der Waals surface area (Å²) in [4.78, 5) is 28.7. The number of anilines is 1. The van der Waals surface area contributed by atoms with E-state index in [1.54, 1.807) is 31.2 Å². The number of fused-ring (bicyclic) bond motifs is 2. The van der Waals surface area contributed by atoms with Gasteiger partial charge < -0.3 is 35.3 Å². The quantitative estimate of drug-likeness (QED) is 0.373. The summed E-state index contributed by atoms with van der Waals surface area (Å²) in [6, 6.07) is 12.7. The molecule has 0 spiro atoms. The molecule has 2 heterocycles. The summed E-state index contributed by atoms with van der Waals surface area (Å²) in [5.74, 6) is 0.814. The van der Waals surface area contributed by atoms with E-state index in [1.807, 2.05) is 18.2 Å². The Hall–Kier alpha value is -3.56. The Labute approximate surface area is 191 Å². The summed E-state index contributed by atoms with van der Waals surface area (Å²) in [6.07, 6.45) is 1.51. The minimum absolute atomic E-state index is 0. The van der Waals surface area contributed by atoms with Crippen LogP contribution in [0, 0.1) is 0 Å². The molecule has 0 atom stereocenters. The molecule has 0 unspecified atom stereocenters. The Morgan fingerprint density at radius 3 is 2.58 bits per heavy atom. The van der Waals surface area contributed by atoms with E-state index in [1.165, 1.54) is 0 Å². The van der Waals surface area contributed by atoms with Crippen molar-refractivity contribution in [2.45, 2.75) is 30.7 Å². The van der Waals surface area contributed by atoms with Crippen LogP contribution in [0.25, 0.3) is 10.9 Å². The lowest BCUT2D eigenvalue weighted by atomic mass is 9.94. The molecule has 0 saturated heterocycles. The van der Waals surface area contributed by atoms with Gasteiger partial charge in [-0.15, -0.1) is 0 Å². The van der Waals surface area contributed by atoms with Crippen LogP contribution in [0.3, 0.4) is 0 Å². The molecular formula is C24H27N3O6. The lowest BCUT2D eigenvalue weighted by Crippen LogP contribution is -2.51. The number of aromatic amines is 1. The van der Waals surface area contributed by atoms with E-state index in [-0.39, 0.29) is 14.1 Å². The topological polar surface area (TPSA) is 133 Å². The van der Waals surface area contributed by atoms with Gasteiger partial charge in [0.25, 0.3) is 5.91 Å². The summed E-state index contributed by atoms with van der Waals surface area (Å²) in [5.41, 5.74) is 0.840. The van der Waals surface area contributed by atoms with E-state index in [0.29, 0.717) is 22.9 Å². The van der Waals surface area contributed by atoms with E-state index < -0.39 is 30.1 Å². The number of carbonyl (C=O) groups excluding carboxylic acids is 2. The number of hydrogen-bond donors (Lipinski definition) is 5. The average Bonchev–Trinajstić information content (AvgIpc) is 3.31. The van der Waals surface area contributed by atoms with E-state index in [9.17, 15) is 19.8 Å². The normalized spacial score (nSPS) is 16.0. The van der Waals surface area contributed by atoms with Gasteiger partial charge in [0.15, 0.2) is 11.5 Å². The number of aliphatic hydroxyl groups excluding tert-OH is 2. The van der Waals surface area contributed by atoms with Gasteiger partial charge in [0.05, 0.1) is 24.2 Å². The van der Waals surface area contributed by atoms with Crippen LogP contribution in [-0.4, -0.2) is 52.6 Å². The van der Waals surface area contributed by atoms with E-state index in [2.05, 4.69) is 15.6 Å². The van der Waals surface area contributed by atoms with Gasteiger partial charge in [-0.1, -0.05) is 6.07 Å². The molecule has 3 aromatic rings. The Morgan fingerprint density at radius 1 is 1.09 bits per heavy atom. The van der Waals surface area contributed by atoms with Crippen LogP contribution in [0.4, 0.5) is 5.69 Å². The molecule has 5 N–H and O–H groups in total. The fourth-order valence-corrected chi connectivity index (χ4v) is 4.02. The number of ether oxygens (including phenoxy) is 2. The second kappa shape index (κ2) is 7.79. The smallest absolute Gasteiger partial charge is 0.268 e. The maximum absolute atomic E-state index is 13.2. The van der Waals surface area contributed by atoms with Crippen molar-refractivity contribution >= 4 is 28.4 Å². The molecule has 9 nitrogen and oxygen atoms in total. The molecular weight excluding hydrogens is 426 g/mol. The van der Waals surface area contributed by atoms with Crippen molar-refractivity contribution in [2.24, 2.45) is 0 Å². The van der Waals surface area contributed by atoms with Crippen molar-refractivity contribution in [3.8, 4) is 11.5 Å². The number of aromatic nitrogens is 1. The molecule has 33 heavy (non-hydrogen) atoms. The first-order valence-corrected chi connectivity index (χ1v) is 10.7. The second-order valence-electron chi connectivity index (χ2n) is 8.92. The fraction of sp³-hybridized carbons (Fsp3) is 0.333. The molecule has 1 aliphatic heterocycles. The Morgan fingerprint density at radius 2 is 1.85 bits per heavy atom. The highest BCUT2D eigenvalue weighted by Gasteiger charge is 2.51. The molecule has 1 aromatic heterocycles. The summed E-state index contributed by atoms with van der Waals surface area (Å²) >= 11 is 0. The van der Waals surface area contributed by atoms with Crippen LogP contribution < -0.4 is 20.1 Å². The molecule has 0 radical (unpaired) electrons. The number of rotatable bonds is 7. The molecule has 5 rings (SSSR count). The molecule has 1 saturated carbocycles. The van der Waals surface area contributed by atoms with Crippen molar-refractivity contribution in [3.63, 3.8) is 0 Å². The fourth-order valence-electron chi connectivity index (χ4n) is 4.02. The third kappa shape index (κ3) is 3.79. The predicted molar refractivity (Wildman–Crippen MR) is 123 cm³/mol. The van der Waals surface area contributed by atoms with Gasteiger partial charge in [-0.2, -0.15) is 0 Å². The average molecular weight is 453 g/mol. The van der Waals surface area contributed by atoms with Crippen LogP contribution in [0.1, 0.15) is 37.2 Å². The summed E-state index contributed by atoms with van der Waals surface area (Å²) in [5, 5.41) is 25.2. The highest BCUT2D eigenvalue weighted by molar-refractivity contribution is 6.03. The molecule has 0 bridgehead atoms. The first-order valence-electron chi connectivity index (χ1n) is 10.7. The largest absolute Gasteiger partial charge is 0.454 e. The van der Waals surface area contributed by atoms with Gasteiger partial charge in [-0.05, 0) is 61.7 Å². The van der Waals surface area contributed by atoms with E-state index >= 15 is 0 Å². The van der Waals surface area contributed by atoms with Crippen LogP contribution in [0.2, 0.25) is 0 Å². The number of aliphatic hydroxyl groups is 2. The van der Waals surface area contributed by atoms with Gasteiger partial charge >= 0.3 is 0 Å². The number of hydrogen-bond acceptors (Lipinski definition) is 6. The second-order valence-corrected chi connectivity index (χ2v) is 8.92.